The van der Waals surface area contributed by atoms with Crippen LogP contribution in [0.25, 0.3) is 0 Å². The number of rotatable bonds is 2. The first-order valence-electron chi connectivity index (χ1n) is 9.11. The number of nitrogens with zero attached hydrogens (tertiary/aromatic N) is 1. The maximum absolute atomic E-state index is 13.4. The monoisotopic (exact) mass is 353 g/mol. The largest absolute Gasteiger partial charge is 0.367 e. The number of fused-ring (bicyclic) bond motifs is 2. The molecule has 1 amide bonds. The maximum atomic E-state index is 13.4. The molecule has 0 radical (unpaired) electrons. The highest BCUT2D eigenvalue weighted by atomic mass is 19.1. The van der Waals surface area contributed by atoms with E-state index in [0.717, 1.165) is 17.5 Å². The molecular formula is C21H20FNO3. The number of hydrogen-bond donors (Lipinski definition) is 0. The first-order valence-corrected chi connectivity index (χ1v) is 9.11. The van der Waals surface area contributed by atoms with Crippen molar-refractivity contribution in [1.82, 2.24) is 4.90 Å². The standard InChI is InChI=1S/C21H20FNO3/c22-15-7-5-14(6-8-15)20-16-4-2-1-3-13(16)9-10-23(20)21(24)18-11-17-19(26-17)12-25-18/h1-8,17-20H,9-12H2/t17-,18-,19+,20-/m0/s1. The van der Waals surface area contributed by atoms with E-state index in [4.69, 9.17) is 9.47 Å². The van der Waals surface area contributed by atoms with Gasteiger partial charge in [-0.15, -0.1) is 0 Å². The van der Waals surface area contributed by atoms with E-state index in [0.29, 0.717) is 19.6 Å². The lowest BCUT2D eigenvalue weighted by molar-refractivity contribution is -0.147. The van der Waals surface area contributed by atoms with E-state index in [1.807, 2.05) is 17.0 Å². The van der Waals surface area contributed by atoms with Crippen molar-refractivity contribution in [3.63, 3.8) is 0 Å². The van der Waals surface area contributed by atoms with Crippen molar-refractivity contribution >= 4 is 5.91 Å². The molecule has 26 heavy (non-hydrogen) atoms. The SMILES string of the molecule is O=C([C@@H]1C[C@@H]2O[C@@H]2CO1)N1CCc2ccccc2[C@@H]1c1ccc(F)cc1. The molecule has 5 rings (SSSR count). The van der Waals surface area contributed by atoms with Gasteiger partial charge < -0.3 is 14.4 Å². The fourth-order valence-corrected chi connectivity index (χ4v) is 4.19. The molecule has 0 unspecified atom stereocenters. The van der Waals surface area contributed by atoms with Crippen LogP contribution in [0.4, 0.5) is 4.39 Å². The molecule has 3 heterocycles. The summed E-state index contributed by atoms with van der Waals surface area (Å²) < 4.78 is 24.7. The van der Waals surface area contributed by atoms with Gasteiger partial charge in [-0.2, -0.15) is 0 Å². The Kier molecular flexibility index (Phi) is 3.80. The van der Waals surface area contributed by atoms with Gasteiger partial charge in [0.1, 0.15) is 18.0 Å². The summed E-state index contributed by atoms with van der Waals surface area (Å²) >= 11 is 0. The zero-order chi connectivity index (χ0) is 17.7. The summed E-state index contributed by atoms with van der Waals surface area (Å²) in [6, 6.07) is 14.4. The molecule has 3 aliphatic heterocycles. The highest BCUT2D eigenvalue weighted by Gasteiger charge is 2.48. The van der Waals surface area contributed by atoms with Crippen LogP contribution in [0.1, 0.15) is 29.2 Å². The molecule has 0 bridgehead atoms. The Morgan fingerprint density at radius 2 is 1.88 bits per heavy atom. The number of halogens is 1. The van der Waals surface area contributed by atoms with Crippen LogP contribution >= 0.6 is 0 Å². The molecule has 2 saturated heterocycles. The van der Waals surface area contributed by atoms with E-state index in [1.165, 1.54) is 17.7 Å². The minimum atomic E-state index is -0.452. The van der Waals surface area contributed by atoms with Crippen molar-refractivity contribution < 1.29 is 18.7 Å². The molecule has 3 aliphatic rings. The van der Waals surface area contributed by atoms with E-state index >= 15 is 0 Å². The number of epoxide rings is 1. The Morgan fingerprint density at radius 3 is 2.69 bits per heavy atom. The second-order valence-corrected chi connectivity index (χ2v) is 7.21. The molecule has 0 aliphatic carbocycles. The van der Waals surface area contributed by atoms with Gasteiger partial charge in [0.25, 0.3) is 5.91 Å². The second kappa shape index (κ2) is 6.18. The lowest BCUT2D eigenvalue weighted by Crippen LogP contribution is -2.48. The van der Waals surface area contributed by atoms with E-state index in [2.05, 4.69) is 12.1 Å². The van der Waals surface area contributed by atoms with Gasteiger partial charge in [0.05, 0.1) is 18.8 Å². The summed E-state index contributed by atoms with van der Waals surface area (Å²) in [5.41, 5.74) is 3.26. The summed E-state index contributed by atoms with van der Waals surface area (Å²) in [5, 5.41) is 0. The van der Waals surface area contributed by atoms with E-state index < -0.39 is 6.10 Å². The second-order valence-electron chi connectivity index (χ2n) is 7.21. The molecule has 0 saturated carbocycles. The van der Waals surface area contributed by atoms with Gasteiger partial charge in [-0.1, -0.05) is 36.4 Å². The van der Waals surface area contributed by atoms with Gasteiger partial charge in [-0.05, 0) is 35.2 Å². The lowest BCUT2D eigenvalue weighted by Gasteiger charge is -2.39. The summed E-state index contributed by atoms with van der Waals surface area (Å²) in [6.07, 6.45) is 1.33. The van der Waals surface area contributed by atoms with Crippen molar-refractivity contribution in [3.8, 4) is 0 Å². The topological polar surface area (TPSA) is 42.1 Å². The molecular weight excluding hydrogens is 333 g/mol. The molecule has 5 heteroatoms. The van der Waals surface area contributed by atoms with Gasteiger partial charge in [0.15, 0.2) is 0 Å². The Morgan fingerprint density at radius 1 is 1.08 bits per heavy atom. The van der Waals surface area contributed by atoms with Crippen molar-refractivity contribution in [1.29, 1.82) is 0 Å². The summed E-state index contributed by atoms with van der Waals surface area (Å²) in [5.74, 6) is -0.272. The van der Waals surface area contributed by atoms with Gasteiger partial charge in [-0.25, -0.2) is 4.39 Å². The molecule has 2 fully saturated rings. The first-order chi connectivity index (χ1) is 12.7. The summed E-state index contributed by atoms with van der Waals surface area (Å²) in [7, 11) is 0. The van der Waals surface area contributed by atoms with Crippen molar-refractivity contribution in [3.05, 3.63) is 71.0 Å². The smallest absolute Gasteiger partial charge is 0.252 e. The third kappa shape index (κ3) is 2.72. The Hall–Kier alpha value is -2.24. The number of hydrogen-bond acceptors (Lipinski definition) is 3. The minimum absolute atomic E-state index is 0.00257. The van der Waals surface area contributed by atoms with Crippen LogP contribution < -0.4 is 0 Å². The predicted molar refractivity (Wildman–Crippen MR) is 93.1 cm³/mol. The van der Waals surface area contributed by atoms with Crippen molar-refractivity contribution in [2.45, 2.75) is 37.2 Å². The zero-order valence-electron chi connectivity index (χ0n) is 14.3. The average molecular weight is 353 g/mol. The highest BCUT2D eigenvalue weighted by Crippen LogP contribution is 2.38. The maximum Gasteiger partial charge on any atom is 0.252 e. The molecule has 0 aromatic heterocycles. The lowest BCUT2D eigenvalue weighted by atomic mass is 9.87. The number of carbonyl (C=O) groups excluding carboxylic acids is 1. The molecule has 0 N–H and O–H groups in total. The number of amides is 1. The molecule has 2 aromatic rings. The predicted octanol–water partition coefficient (Wildman–Crippen LogP) is 2.86. The average Bonchev–Trinajstić information content (AvgIpc) is 3.46. The quantitative estimate of drug-likeness (QED) is 0.780. The molecule has 0 spiro atoms. The molecule has 2 aromatic carbocycles. The van der Waals surface area contributed by atoms with Crippen molar-refractivity contribution in [2.75, 3.05) is 13.2 Å². The highest BCUT2D eigenvalue weighted by molar-refractivity contribution is 5.82. The van der Waals surface area contributed by atoms with E-state index in [-0.39, 0.29) is 30.0 Å². The minimum Gasteiger partial charge on any atom is -0.367 e. The van der Waals surface area contributed by atoms with Crippen LogP contribution in [0.5, 0.6) is 0 Å². The third-order valence-electron chi connectivity index (χ3n) is 5.62. The molecule has 4 nitrogen and oxygen atoms in total. The van der Waals surface area contributed by atoms with Crippen LogP contribution in [-0.2, 0) is 20.7 Å². The Bertz CT molecular complexity index is 837. The number of carbonyl (C=O) groups is 1. The van der Waals surface area contributed by atoms with E-state index in [1.54, 1.807) is 12.1 Å². The summed E-state index contributed by atoms with van der Waals surface area (Å²) in [6.45, 7) is 1.12. The van der Waals surface area contributed by atoms with Crippen LogP contribution in [0.3, 0.4) is 0 Å². The third-order valence-corrected chi connectivity index (χ3v) is 5.62. The molecule has 134 valence electrons. The van der Waals surface area contributed by atoms with Gasteiger partial charge in [0.2, 0.25) is 0 Å². The normalized spacial score (nSPS) is 29.7. The Balaban J connectivity index is 1.50. The van der Waals surface area contributed by atoms with Gasteiger partial charge in [-0.3, -0.25) is 4.79 Å². The van der Waals surface area contributed by atoms with Crippen LogP contribution in [0.2, 0.25) is 0 Å². The van der Waals surface area contributed by atoms with Crippen LogP contribution in [-0.4, -0.2) is 42.3 Å². The zero-order valence-corrected chi connectivity index (χ0v) is 14.3. The Labute approximate surface area is 151 Å². The van der Waals surface area contributed by atoms with E-state index in [9.17, 15) is 9.18 Å². The number of benzene rings is 2. The van der Waals surface area contributed by atoms with Crippen molar-refractivity contribution in [2.24, 2.45) is 0 Å². The first kappa shape index (κ1) is 16.0. The van der Waals surface area contributed by atoms with Gasteiger partial charge >= 0.3 is 0 Å². The van der Waals surface area contributed by atoms with Crippen LogP contribution in [0.15, 0.2) is 48.5 Å². The fraction of sp³-hybridized carbons (Fsp3) is 0.381. The van der Waals surface area contributed by atoms with Gasteiger partial charge in [0, 0.05) is 13.0 Å². The molecule has 4 atom stereocenters. The fourth-order valence-electron chi connectivity index (χ4n) is 4.19. The van der Waals surface area contributed by atoms with Crippen LogP contribution in [0, 0.1) is 5.82 Å². The summed E-state index contributed by atoms with van der Waals surface area (Å²) in [4.78, 5) is 15.1. The number of ether oxygens (including phenoxy) is 2.